The van der Waals surface area contributed by atoms with E-state index in [1.165, 1.54) is 0 Å². The van der Waals surface area contributed by atoms with E-state index in [0.717, 1.165) is 25.8 Å². The summed E-state index contributed by atoms with van der Waals surface area (Å²) in [6, 6.07) is 1.80. The lowest BCUT2D eigenvalue weighted by atomic mass is 10.3. The second kappa shape index (κ2) is 8.19. The number of primary amides is 1. The van der Waals surface area contributed by atoms with Gasteiger partial charge in [-0.3, -0.25) is 4.79 Å². The highest BCUT2D eigenvalue weighted by Crippen LogP contribution is 2.17. The number of nitrogen functional groups attached to an aromatic ring is 1. The molecule has 1 rings (SSSR count). The summed E-state index contributed by atoms with van der Waals surface area (Å²) >= 11 is 0. The summed E-state index contributed by atoms with van der Waals surface area (Å²) in [4.78, 5) is 21.3. The zero-order valence-corrected chi connectivity index (χ0v) is 12.2. The molecule has 0 fully saturated rings. The Balaban J connectivity index is 2.92. The maximum Gasteiger partial charge on any atom is 0.236 e. The van der Waals surface area contributed by atoms with E-state index in [2.05, 4.69) is 29.1 Å². The first-order valence-electron chi connectivity index (χ1n) is 6.98. The van der Waals surface area contributed by atoms with Crippen LogP contribution in [-0.4, -0.2) is 35.5 Å². The van der Waals surface area contributed by atoms with Crippen LogP contribution in [0.5, 0.6) is 0 Å². The van der Waals surface area contributed by atoms with Crippen molar-refractivity contribution in [3.8, 4) is 0 Å². The number of hydrogen-bond acceptors (Lipinski definition) is 6. The summed E-state index contributed by atoms with van der Waals surface area (Å²) in [5, 5.41) is 3.17. The van der Waals surface area contributed by atoms with E-state index in [1.807, 2.05) is 4.90 Å². The molecule has 0 unspecified atom stereocenters. The third kappa shape index (κ3) is 5.29. The van der Waals surface area contributed by atoms with E-state index in [1.54, 1.807) is 6.07 Å². The van der Waals surface area contributed by atoms with Gasteiger partial charge in [0.2, 0.25) is 11.9 Å². The topological polar surface area (TPSA) is 110 Å². The summed E-state index contributed by atoms with van der Waals surface area (Å²) in [6.45, 7) is 5.80. The first kappa shape index (κ1) is 16.0. The molecule has 0 aliphatic rings. The van der Waals surface area contributed by atoms with E-state index in [-0.39, 0.29) is 18.4 Å². The Morgan fingerprint density at radius 3 is 2.70 bits per heavy atom. The summed E-state index contributed by atoms with van der Waals surface area (Å²) in [6.07, 6.45) is 2.96. The molecule has 0 aliphatic carbocycles. The highest BCUT2D eigenvalue weighted by Gasteiger charge is 2.12. The standard InChI is InChI=1S/C13H24N6O/c1-3-5-7-19(9-10(14)20)12-8-11(16-6-4-2)17-13(15)18-12/h8H,3-7,9H2,1-2H3,(H2,14,20)(H3,15,16,17,18). The number of aromatic nitrogens is 2. The fourth-order valence-electron chi connectivity index (χ4n) is 1.77. The van der Waals surface area contributed by atoms with Crippen LogP contribution in [0.15, 0.2) is 6.07 Å². The Morgan fingerprint density at radius 2 is 2.10 bits per heavy atom. The smallest absolute Gasteiger partial charge is 0.236 e. The number of carbonyl (C=O) groups excluding carboxylic acids is 1. The number of nitrogens with two attached hydrogens (primary N) is 2. The molecule has 1 amide bonds. The maximum absolute atomic E-state index is 11.2. The van der Waals surface area contributed by atoms with Crippen molar-refractivity contribution in [2.45, 2.75) is 33.1 Å². The van der Waals surface area contributed by atoms with Crippen molar-refractivity contribution < 1.29 is 4.79 Å². The molecule has 0 saturated heterocycles. The largest absolute Gasteiger partial charge is 0.370 e. The average molecular weight is 280 g/mol. The van der Waals surface area contributed by atoms with Crippen molar-refractivity contribution in [2.75, 3.05) is 35.6 Å². The van der Waals surface area contributed by atoms with Crippen LogP contribution in [0.25, 0.3) is 0 Å². The molecule has 7 heteroatoms. The molecule has 7 nitrogen and oxygen atoms in total. The Hall–Kier alpha value is -2.05. The molecule has 1 aromatic rings. The van der Waals surface area contributed by atoms with Crippen LogP contribution in [0, 0.1) is 0 Å². The van der Waals surface area contributed by atoms with Gasteiger partial charge in [-0.15, -0.1) is 0 Å². The predicted molar refractivity (Wildman–Crippen MR) is 81.5 cm³/mol. The van der Waals surface area contributed by atoms with E-state index in [0.29, 0.717) is 18.2 Å². The summed E-state index contributed by atoms with van der Waals surface area (Å²) in [5.41, 5.74) is 11.0. The lowest BCUT2D eigenvalue weighted by molar-refractivity contribution is -0.116. The van der Waals surface area contributed by atoms with Crippen molar-refractivity contribution >= 4 is 23.5 Å². The predicted octanol–water partition coefficient (Wildman–Crippen LogP) is 0.973. The molecule has 1 heterocycles. The number of nitrogens with one attached hydrogen (secondary N) is 1. The molecule has 1 aromatic heterocycles. The van der Waals surface area contributed by atoms with Crippen LogP contribution < -0.4 is 21.7 Å². The van der Waals surface area contributed by atoms with Gasteiger partial charge in [0.1, 0.15) is 11.6 Å². The molecular weight excluding hydrogens is 256 g/mol. The number of hydrogen-bond donors (Lipinski definition) is 3. The molecule has 5 N–H and O–H groups in total. The molecule has 0 bridgehead atoms. The first-order valence-corrected chi connectivity index (χ1v) is 6.98. The maximum atomic E-state index is 11.2. The van der Waals surface area contributed by atoms with Gasteiger partial charge < -0.3 is 21.7 Å². The molecule has 112 valence electrons. The van der Waals surface area contributed by atoms with Gasteiger partial charge in [0, 0.05) is 19.2 Å². The molecular formula is C13H24N6O. The van der Waals surface area contributed by atoms with Crippen LogP contribution in [0.3, 0.4) is 0 Å². The minimum Gasteiger partial charge on any atom is -0.370 e. The van der Waals surface area contributed by atoms with Crippen molar-refractivity contribution in [1.82, 2.24) is 9.97 Å². The lowest BCUT2D eigenvalue weighted by Crippen LogP contribution is -2.35. The number of anilines is 3. The fraction of sp³-hybridized carbons (Fsp3) is 0.615. The highest BCUT2D eigenvalue weighted by atomic mass is 16.1. The fourth-order valence-corrected chi connectivity index (χ4v) is 1.77. The second-order valence-electron chi connectivity index (χ2n) is 4.64. The van der Waals surface area contributed by atoms with E-state index >= 15 is 0 Å². The summed E-state index contributed by atoms with van der Waals surface area (Å²) in [5.74, 6) is 1.09. The molecule has 0 atom stereocenters. The Bertz CT molecular complexity index is 437. The van der Waals surface area contributed by atoms with Gasteiger partial charge >= 0.3 is 0 Å². The Kier molecular flexibility index (Phi) is 6.55. The Labute approximate surface area is 119 Å². The van der Waals surface area contributed by atoms with Crippen LogP contribution in [0.1, 0.15) is 33.1 Å². The zero-order valence-electron chi connectivity index (χ0n) is 12.2. The van der Waals surface area contributed by atoms with Gasteiger partial charge in [-0.05, 0) is 12.8 Å². The van der Waals surface area contributed by atoms with Crippen molar-refractivity contribution in [3.63, 3.8) is 0 Å². The molecule has 0 aliphatic heterocycles. The normalized spacial score (nSPS) is 10.3. The average Bonchev–Trinajstić information content (AvgIpc) is 2.40. The van der Waals surface area contributed by atoms with Gasteiger partial charge in [0.05, 0.1) is 6.54 Å². The highest BCUT2D eigenvalue weighted by molar-refractivity contribution is 5.79. The molecule has 0 aromatic carbocycles. The summed E-state index contributed by atoms with van der Waals surface area (Å²) in [7, 11) is 0. The minimum atomic E-state index is -0.388. The Morgan fingerprint density at radius 1 is 1.35 bits per heavy atom. The number of carbonyl (C=O) groups is 1. The van der Waals surface area contributed by atoms with Crippen molar-refractivity contribution in [2.24, 2.45) is 5.73 Å². The van der Waals surface area contributed by atoms with Gasteiger partial charge in [0.25, 0.3) is 0 Å². The number of unbranched alkanes of at least 4 members (excludes halogenated alkanes) is 1. The van der Waals surface area contributed by atoms with Gasteiger partial charge in [0.15, 0.2) is 0 Å². The zero-order chi connectivity index (χ0) is 15.0. The monoisotopic (exact) mass is 280 g/mol. The molecule has 0 radical (unpaired) electrons. The van der Waals surface area contributed by atoms with E-state index in [4.69, 9.17) is 11.5 Å². The van der Waals surface area contributed by atoms with Gasteiger partial charge in [-0.1, -0.05) is 20.3 Å². The first-order chi connectivity index (χ1) is 9.56. The lowest BCUT2D eigenvalue weighted by Gasteiger charge is -2.22. The molecule has 20 heavy (non-hydrogen) atoms. The van der Waals surface area contributed by atoms with E-state index in [9.17, 15) is 4.79 Å². The number of amides is 1. The number of rotatable bonds is 9. The third-order valence-corrected chi connectivity index (χ3v) is 2.74. The van der Waals surface area contributed by atoms with Crippen LogP contribution in [0.4, 0.5) is 17.6 Å². The van der Waals surface area contributed by atoms with E-state index < -0.39 is 0 Å². The quantitative estimate of drug-likeness (QED) is 0.621. The second-order valence-corrected chi connectivity index (χ2v) is 4.64. The minimum absolute atomic E-state index is 0.129. The van der Waals surface area contributed by atoms with Crippen LogP contribution in [0.2, 0.25) is 0 Å². The van der Waals surface area contributed by atoms with Crippen molar-refractivity contribution in [1.29, 1.82) is 0 Å². The van der Waals surface area contributed by atoms with Crippen LogP contribution >= 0.6 is 0 Å². The SMILES string of the molecule is CCCCN(CC(N)=O)c1cc(NCCC)nc(N)n1. The van der Waals surface area contributed by atoms with Gasteiger partial charge in [-0.2, -0.15) is 9.97 Å². The van der Waals surface area contributed by atoms with Crippen LogP contribution in [-0.2, 0) is 4.79 Å². The summed E-state index contributed by atoms with van der Waals surface area (Å²) < 4.78 is 0. The third-order valence-electron chi connectivity index (χ3n) is 2.74. The van der Waals surface area contributed by atoms with Gasteiger partial charge in [-0.25, -0.2) is 0 Å². The van der Waals surface area contributed by atoms with Crippen molar-refractivity contribution in [3.05, 3.63) is 6.07 Å². The molecule has 0 spiro atoms. The number of nitrogens with zero attached hydrogens (tertiary/aromatic N) is 3. The molecule has 0 saturated carbocycles.